The number of amides is 1. The highest BCUT2D eigenvalue weighted by atomic mass is 32.2. The molecule has 206 valence electrons. The molecular weight excluding hydrogens is 502 g/mol. The molecule has 1 saturated heterocycles. The Morgan fingerprint density at radius 1 is 1.05 bits per heavy atom. The van der Waals surface area contributed by atoms with Gasteiger partial charge in [-0.15, -0.1) is 0 Å². The van der Waals surface area contributed by atoms with Crippen LogP contribution in [0.1, 0.15) is 76.0 Å². The van der Waals surface area contributed by atoms with Gasteiger partial charge in [0.1, 0.15) is 4.90 Å². The molecule has 38 heavy (non-hydrogen) atoms. The van der Waals surface area contributed by atoms with Gasteiger partial charge in [-0.1, -0.05) is 37.6 Å². The summed E-state index contributed by atoms with van der Waals surface area (Å²) in [7, 11) is -3.93. The molecule has 1 atom stereocenters. The van der Waals surface area contributed by atoms with Crippen LogP contribution in [0.25, 0.3) is 0 Å². The normalized spacial score (nSPS) is 18.1. The van der Waals surface area contributed by atoms with E-state index in [0.29, 0.717) is 50.3 Å². The number of fused-ring (bicyclic) bond motifs is 1. The molecule has 1 fully saturated rings. The van der Waals surface area contributed by atoms with Crippen molar-refractivity contribution in [3.05, 3.63) is 53.6 Å². The van der Waals surface area contributed by atoms with Crippen LogP contribution in [0.2, 0.25) is 0 Å². The first-order valence-corrected chi connectivity index (χ1v) is 15.3. The number of unbranched alkanes of at least 4 members (excludes halogenated alkanes) is 1. The number of hydrogen-bond donors (Lipinski definition) is 2. The molecule has 0 radical (unpaired) electrons. The van der Waals surface area contributed by atoms with Gasteiger partial charge in [0.2, 0.25) is 15.9 Å². The van der Waals surface area contributed by atoms with E-state index >= 15 is 0 Å². The standard InChI is InChI=1S/C29H39N3O5S/c1-3-5-13-28(33)30-23-14-15-26(32-18-16-22(17-19-32)29(34)37-4-2)27(20-23)38(35,36)31-25-12-8-10-21-9-6-7-11-24(21)25/h6-7,9,11,14-15,20,22,25,31H,3-5,8,10,12-13,16-19H2,1-2H3,(H,30,33)/t25-/m0/s1. The number of hydrogen-bond acceptors (Lipinski definition) is 6. The fourth-order valence-electron chi connectivity index (χ4n) is 5.37. The molecule has 2 aromatic rings. The lowest BCUT2D eigenvalue weighted by Gasteiger charge is -2.34. The zero-order valence-electron chi connectivity index (χ0n) is 22.4. The molecule has 0 bridgehead atoms. The number of carbonyl (C=O) groups excluding carboxylic acids is 2. The zero-order valence-corrected chi connectivity index (χ0v) is 23.2. The van der Waals surface area contributed by atoms with E-state index in [0.717, 1.165) is 37.7 Å². The second kappa shape index (κ2) is 12.8. The number of esters is 1. The maximum atomic E-state index is 13.9. The number of carbonyl (C=O) groups is 2. The first kappa shape index (κ1) is 28.1. The number of anilines is 2. The van der Waals surface area contributed by atoms with Crippen LogP contribution < -0.4 is 14.9 Å². The summed E-state index contributed by atoms with van der Waals surface area (Å²) in [6.45, 7) is 5.25. The Hall–Kier alpha value is -2.91. The SMILES string of the molecule is CCCCC(=O)Nc1ccc(N2CCC(C(=O)OCC)CC2)c(S(=O)(=O)N[C@H]2CCCc3ccccc32)c1. The summed E-state index contributed by atoms with van der Waals surface area (Å²) in [5.41, 5.74) is 3.23. The average molecular weight is 542 g/mol. The predicted molar refractivity (Wildman–Crippen MR) is 149 cm³/mol. The van der Waals surface area contributed by atoms with Gasteiger partial charge in [0.25, 0.3) is 0 Å². The second-order valence-corrected chi connectivity index (χ2v) is 11.8. The van der Waals surface area contributed by atoms with Crippen LogP contribution in [0.3, 0.4) is 0 Å². The minimum atomic E-state index is -3.93. The Morgan fingerprint density at radius 2 is 1.82 bits per heavy atom. The van der Waals surface area contributed by atoms with Gasteiger partial charge in [-0.25, -0.2) is 13.1 Å². The van der Waals surface area contributed by atoms with Crippen LogP contribution in [-0.2, 0) is 30.8 Å². The van der Waals surface area contributed by atoms with E-state index in [1.165, 1.54) is 5.56 Å². The third-order valence-corrected chi connectivity index (χ3v) is 8.91. The average Bonchev–Trinajstić information content (AvgIpc) is 2.92. The van der Waals surface area contributed by atoms with Gasteiger partial charge in [-0.3, -0.25) is 9.59 Å². The van der Waals surface area contributed by atoms with Crippen LogP contribution in [0, 0.1) is 5.92 Å². The zero-order chi connectivity index (χ0) is 27.1. The largest absolute Gasteiger partial charge is 0.466 e. The molecule has 0 spiro atoms. The Bertz CT molecular complexity index is 1240. The van der Waals surface area contributed by atoms with Crippen molar-refractivity contribution in [2.75, 3.05) is 29.9 Å². The first-order chi connectivity index (χ1) is 18.3. The molecule has 1 aliphatic carbocycles. The maximum absolute atomic E-state index is 13.9. The Balaban J connectivity index is 1.61. The van der Waals surface area contributed by atoms with Crippen molar-refractivity contribution in [3.63, 3.8) is 0 Å². The quantitative estimate of drug-likeness (QED) is 0.413. The smallest absolute Gasteiger partial charge is 0.309 e. The van der Waals surface area contributed by atoms with Crippen LogP contribution in [0.5, 0.6) is 0 Å². The lowest BCUT2D eigenvalue weighted by Crippen LogP contribution is -2.38. The van der Waals surface area contributed by atoms with Crippen molar-refractivity contribution < 1.29 is 22.7 Å². The number of sulfonamides is 1. The van der Waals surface area contributed by atoms with Crippen LogP contribution in [0.15, 0.2) is 47.4 Å². The highest BCUT2D eigenvalue weighted by molar-refractivity contribution is 7.89. The summed E-state index contributed by atoms with van der Waals surface area (Å²) in [5.74, 6) is -0.504. The van der Waals surface area contributed by atoms with Crippen molar-refractivity contribution in [3.8, 4) is 0 Å². The third kappa shape index (κ3) is 6.74. The summed E-state index contributed by atoms with van der Waals surface area (Å²) >= 11 is 0. The molecule has 2 N–H and O–H groups in total. The lowest BCUT2D eigenvalue weighted by molar-refractivity contribution is -0.148. The lowest BCUT2D eigenvalue weighted by atomic mass is 9.88. The summed E-state index contributed by atoms with van der Waals surface area (Å²) in [5, 5.41) is 2.86. The van der Waals surface area contributed by atoms with Crippen LogP contribution >= 0.6 is 0 Å². The van der Waals surface area contributed by atoms with E-state index in [1.54, 1.807) is 25.1 Å². The Kier molecular flexibility index (Phi) is 9.44. The van der Waals surface area contributed by atoms with Gasteiger partial charge >= 0.3 is 5.97 Å². The predicted octanol–water partition coefficient (Wildman–Crippen LogP) is 4.95. The highest BCUT2D eigenvalue weighted by Gasteiger charge is 2.32. The minimum Gasteiger partial charge on any atom is -0.466 e. The number of ether oxygens (including phenoxy) is 1. The van der Waals surface area contributed by atoms with Crippen molar-refractivity contribution in [2.24, 2.45) is 5.92 Å². The number of nitrogens with one attached hydrogen (secondary N) is 2. The van der Waals surface area contributed by atoms with E-state index in [-0.39, 0.29) is 28.7 Å². The second-order valence-electron chi connectivity index (χ2n) is 10.1. The monoisotopic (exact) mass is 541 g/mol. The van der Waals surface area contributed by atoms with Gasteiger partial charge in [-0.05, 0) is 74.8 Å². The number of benzene rings is 2. The van der Waals surface area contributed by atoms with Crippen molar-refractivity contribution >= 4 is 33.3 Å². The van der Waals surface area contributed by atoms with Crippen molar-refractivity contribution in [1.29, 1.82) is 0 Å². The fraction of sp³-hybridized carbons (Fsp3) is 0.517. The molecule has 4 rings (SSSR count). The summed E-state index contributed by atoms with van der Waals surface area (Å²) < 4.78 is 36.0. The molecule has 1 amide bonds. The van der Waals surface area contributed by atoms with Gasteiger partial charge < -0.3 is 15.0 Å². The highest BCUT2D eigenvalue weighted by Crippen LogP contribution is 2.35. The summed E-state index contributed by atoms with van der Waals surface area (Å²) in [4.78, 5) is 26.8. The molecule has 8 nitrogen and oxygen atoms in total. The third-order valence-electron chi connectivity index (χ3n) is 7.41. The topological polar surface area (TPSA) is 105 Å². The molecule has 1 aliphatic heterocycles. The molecule has 0 unspecified atom stereocenters. The van der Waals surface area contributed by atoms with E-state index < -0.39 is 10.0 Å². The molecule has 2 aromatic carbocycles. The van der Waals surface area contributed by atoms with E-state index in [9.17, 15) is 18.0 Å². The van der Waals surface area contributed by atoms with Crippen LogP contribution in [0.4, 0.5) is 11.4 Å². The maximum Gasteiger partial charge on any atom is 0.309 e. The number of aryl methyl sites for hydroxylation is 1. The van der Waals surface area contributed by atoms with Gasteiger partial charge in [0.15, 0.2) is 0 Å². The number of rotatable bonds is 10. The van der Waals surface area contributed by atoms with Crippen molar-refractivity contribution in [2.45, 2.75) is 76.2 Å². The fourth-order valence-corrected chi connectivity index (χ4v) is 6.87. The van der Waals surface area contributed by atoms with E-state index in [4.69, 9.17) is 4.74 Å². The van der Waals surface area contributed by atoms with E-state index in [2.05, 4.69) is 16.1 Å². The van der Waals surface area contributed by atoms with Gasteiger partial charge in [-0.2, -0.15) is 0 Å². The first-order valence-electron chi connectivity index (χ1n) is 13.8. The van der Waals surface area contributed by atoms with E-state index in [1.807, 2.05) is 30.0 Å². The van der Waals surface area contributed by atoms with Gasteiger partial charge in [0.05, 0.1) is 18.2 Å². The van der Waals surface area contributed by atoms with Crippen LogP contribution in [-0.4, -0.2) is 40.0 Å². The molecule has 2 aliphatic rings. The Labute approximate surface area is 226 Å². The molecule has 0 saturated carbocycles. The Morgan fingerprint density at radius 3 is 2.55 bits per heavy atom. The molecule has 9 heteroatoms. The minimum absolute atomic E-state index is 0.132. The van der Waals surface area contributed by atoms with Crippen molar-refractivity contribution in [1.82, 2.24) is 4.72 Å². The van der Waals surface area contributed by atoms with Gasteiger partial charge in [0, 0.05) is 31.2 Å². The summed E-state index contributed by atoms with van der Waals surface area (Å²) in [6.07, 6.45) is 5.82. The number of piperidine rings is 1. The molecule has 1 heterocycles. The summed E-state index contributed by atoms with van der Waals surface area (Å²) in [6, 6.07) is 12.8. The number of nitrogens with zero attached hydrogens (tertiary/aromatic N) is 1. The molecule has 0 aromatic heterocycles. The molecular formula is C29H39N3O5S.